The average molecular weight is 240 g/mol. The molecule has 0 aromatic heterocycles. The number of carboxylic acids is 1. The summed E-state index contributed by atoms with van der Waals surface area (Å²) in [6.45, 7) is 3.37. The van der Waals surface area contributed by atoms with Crippen LogP contribution in [0.1, 0.15) is 32.6 Å². The Hall–Kier alpha value is -1.26. The van der Waals surface area contributed by atoms with Crippen LogP contribution in [0.3, 0.4) is 0 Å². The monoisotopic (exact) mass is 240 g/mol. The van der Waals surface area contributed by atoms with Gasteiger partial charge in [-0.2, -0.15) is 0 Å². The number of hydrogen-bond acceptors (Lipinski definition) is 2. The highest BCUT2D eigenvalue weighted by molar-refractivity contribution is 5.76. The molecular formula is C12H20N2O3. The molecule has 1 aliphatic heterocycles. The van der Waals surface area contributed by atoms with Crippen LogP contribution in [0.25, 0.3) is 0 Å². The zero-order valence-electron chi connectivity index (χ0n) is 10.2. The van der Waals surface area contributed by atoms with Crippen LogP contribution in [-0.4, -0.2) is 41.1 Å². The van der Waals surface area contributed by atoms with Crippen LogP contribution in [0.4, 0.5) is 4.79 Å². The van der Waals surface area contributed by atoms with E-state index >= 15 is 0 Å². The fourth-order valence-corrected chi connectivity index (χ4v) is 2.72. The second-order valence-corrected chi connectivity index (χ2v) is 5.43. The summed E-state index contributed by atoms with van der Waals surface area (Å²) in [6, 6.07) is 0.293. The van der Waals surface area contributed by atoms with E-state index < -0.39 is 5.97 Å². The normalized spacial score (nSPS) is 28.9. The minimum Gasteiger partial charge on any atom is -0.481 e. The third-order valence-electron chi connectivity index (χ3n) is 3.73. The van der Waals surface area contributed by atoms with Gasteiger partial charge in [-0.05, 0) is 25.2 Å². The molecule has 1 aliphatic carbocycles. The predicted molar refractivity (Wildman–Crippen MR) is 62.7 cm³/mol. The second kappa shape index (κ2) is 4.94. The first kappa shape index (κ1) is 12.2. The summed E-state index contributed by atoms with van der Waals surface area (Å²) >= 11 is 0. The van der Waals surface area contributed by atoms with Gasteiger partial charge in [-0.15, -0.1) is 0 Å². The number of nitrogens with zero attached hydrogens (tertiary/aromatic N) is 1. The third kappa shape index (κ3) is 3.11. The maximum atomic E-state index is 11.8. The van der Waals surface area contributed by atoms with Crippen LogP contribution in [-0.2, 0) is 4.79 Å². The molecule has 0 bridgehead atoms. The van der Waals surface area contributed by atoms with E-state index in [-0.39, 0.29) is 18.4 Å². The number of hydrogen-bond donors (Lipinski definition) is 2. The third-order valence-corrected chi connectivity index (χ3v) is 3.73. The summed E-state index contributed by atoms with van der Waals surface area (Å²) in [4.78, 5) is 24.0. The Morgan fingerprint density at radius 1 is 1.35 bits per heavy atom. The summed E-state index contributed by atoms with van der Waals surface area (Å²) in [7, 11) is 0. The molecule has 96 valence electrons. The van der Waals surface area contributed by atoms with Crippen molar-refractivity contribution in [2.45, 2.75) is 38.6 Å². The number of nitrogens with one attached hydrogen (secondary N) is 1. The van der Waals surface area contributed by atoms with Gasteiger partial charge in [0, 0.05) is 25.0 Å². The average Bonchev–Trinajstić information content (AvgIpc) is 2.56. The Bertz CT molecular complexity index is 313. The van der Waals surface area contributed by atoms with Gasteiger partial charge in [-0.1, -0.05) is 6.92 Å². The van der Waals surface area contributed by atoms with Gasteiger partial charge in [-0.25, -0.2) is 4.79 Å². The summed E-state index contributed by atoms with van der Waals surface area (Å²) in [5, 5.41) is 11.6. The van der Waals surface area contributed by atoms with Crippen LogP contribution in [0.15, 0.2) is 0 Å². The zero-order valence-corrected chi connectivity index (χ0v) is 10.2. The lowest BCUT2D eigenvalue weighted by Gasteiger charge is -2.39. The molecule has 2 amide bonds. The van der Waals surface area contributed by atoms with E-state index in [1.54, 1.807) is 4.90 Å². The molecule has 1 saturated carbocycles. The molecule has 0 aromatic carbocycles. The van der Waals surface area contributed by atoms with Gasteiger partial charge in [0.25, 0.3) is 0 Å². The zero-order chi connectivity index (χ0) is 12.4. The highest BCUT2D eigenvalue weighted by Crippen LogP contribution is 2.25. The Kier molecular flexibility index (Phi) is 3.54. The van der Waals surface area contributed by atoms with Crippen molar-refractivity contribution in [3.05, 3.63) is 0 Å². The van der Waals surface area contributed by atoms with Gasteiger partial charge in [0.15, 0.2) is 0 Å². The Morgan fingerprint density at radius 3 is 2.59 bits per heavy atom. The van der Waals surface area contributed by atoms with E-state index in [9.17, 15) is 9.59 Å². The van der Waals surface area contributed by atoms with Crippen molar-refractivity contribution < 1.29 is 14.7 Å². The lowest BCUT2D eigenvalue weighted by molar-refractivity contribution is -0.139. The molecule has 2 N–H and O–H groups in total. The van der Waals surface area contributed by atoms with Crippen molar-refractivity contribution in [1.29, 1.82) is 0 Å². The number of carboxylic acid groups (broad SMARTS) is 1. The maximum absolute atomic E-state index is 11.8. The van der Waals surface area contributed by atoms with Gasteiger partial charge in [0.2, 0.25) is 0 Å². The van der Waals surface area contributed by atoms with Gasteiger partial charge in [-0.3, -0.25) is 4.79 Å². The van der Waals surface area contributed by atoms with E-state index in [0.717, 1.165) is 12.8 Å². The Labute approximate surface area is 101 Å². The Morgan fingerprint density at radius 2 is 2.06 bits per heavy atom. The summed E-state index contributed by atoms with van der Waals surface area (Å²) < 4.78 is 0. The minimum absolute atomic E-state index is 0.0225. The van der Waals surface area contributed by atoms with Crippen molar-refractivity contribution in [3.8, 4) is 0 Å². The van der Waals surface area contributed by atoms with Crippen molar-refractivity contribution >= 4 is 12.0 Å². The summed E-state index contributed by atoms with van der Waals surface area (Å²) in [6.07, 6.45) is 3.49. The molecular weight excluding hydrogens is 220 g/mol. The molecule has 2 rings (SSSR count). The molecule has 0 radical (unpaired) electrons. The van der Waals surface area contributed by atoms with E-state index in [1.165, 1.54) is 6.42 Å². The van der Waals surface area contributed by atoms with Crippen LogP contribution >= 0.6 is 0 Å². The quantitative estimate of drug-likeness (QED) is 0.781. The molecule has 5 nitrogen and oxygen atoms in total. The molecule has 5 heteroatoms. The minimum atomic E-state index is -0.778. The maximum Gasteiger partial charge on any atom is 0.317 e. The second-order valence-electron chi connectivity index (χ2n) is 5.43. The van der Waals surface area contributed by atoms with Crippen LogP contribution in [0.2, 0.25) is 0 Å². The van der Waals surface area contributed by atoms with Gasteiger partial charge in [0.1, 0.15) is 0 Å². The van der Waals surface area contributed by atoms with Crippen molar-refractivity contribution in [3.63, 3.8) is 0 Å². The predicted octanol–water partition coefficient (Wildman–Crippen LogP) is 1.29. The van der Waals surface area contributed by atoms with Crippen LogP contribution in [0, 0.1) is 11.8 Å². The van der Waals surface area contributed by atoms with E-state index in [4.69, 9.17) is 5.11 Å². The first-order valence-electron chi connectivity index (χ1n) is 6.32. The number of carbonyl (C=O) groups excluding carboxylic acids is 1. The van der Waals surface area contributed by atoms with Crippen molar-refractivity contribution in [2.24, 2.45) is 11.8 Å². The number of amides is 2. The molecule has 0 aromatic rings. The SMILES string of the molecule is CC1CCC(NC(=O)N2CC(CC(=O)O)C2)C1. The highest BCUT2D eigenvalue weighted by atomic mass is 16.4. The molecule has 17 heavy (non-hydrogen) atoms. The number of likely N-dealkylation sites (tertiary alicyclic amines) is 1. The van der Waals surface area contributed by atoms with Crippen LogP contribution in [0.5, 0.6) is 0 Å². The number of carbonyl (C=O) groups is 2. The smallest absolute Gasteiger partial charge is 0.317 e. The fourth-order valence-electron chi connectivity index (χ4n) is 2.72. The first-order chi connectivity index (χ1) is 8.04. The fraction of sp³-hybridized carbons (Fsp3) is 0.833. The van der Waals surface area contributed by atoms with Gasteiger partial charge >= 0.3 is 12.0 Å². The first-order valence-corrected chi connectivity index (χ1v) is 6.32. The molecule has 2 fully saturated rings. The molecule has 2 aliphatic rings. The number of urea groups is 1. The topological polar surface area (TPSA) is 69.6 Å². The van der Waals surface area contributed by atoms with Gasteiger partial charge in [0.05, 0.1) is 6.42 Å². The Balaban J connectivity index is 1.67. The van der Waals surface area contributed by atoms with Crippen molar-refractivity contribution in [1.82, 2.24) is 10.2 Å². The summed E-state index contributed by atoms with van der Waals surface area (Å²) in [5.41, 5.74) is 0. The van der Waals surface area contributed by atoms with E-state index in [0.29, 0.717) is 25.0 Å². The number of aliphatic carboxylic acids is 1. The van der Waals surface area contributed by atoms with E-state index in [2.05, 4.69) is 12.2 Å². The van der Waals surface area contributed by atoms with E-state index in [1.807, 2.05) is 0 Å². The summed E-state index contributed by atoms with van der Waals surface area (Å²) in [5.74, 6) is 0.0666. The molecule has 2 unspecified atom stereocenters. The van der Waals surface area contributed by atoms with Crippen LogP contribution < -0.4 is 5.32 Å². The highest BCUT2D eigenvalue weighted by Gasteiger charge is 2.33. The van der Waals surface area contributed by atoms with Gasteiger partial charge < -0.3 is 15.3 Å². The molecule has 1 heterocycles. The standard InChI is InChI=1S/C12H20N2O3/c1-8-2-3-10(4-8)13-12(17)14-6-9(7-14)5-11(15)16/h8-10H,2-7H2,1H3,(H,13,17)(H,15,16). The lowest BCUT2D eigenvalue weighted by Crippen LogP contribution is -2.55. The molecule has 1 saturated heterocycles. The van der Waals surface area contributed by atoms with Crippen molar-refractivity contribution in [2.75, 3.05) is 13.1 Å². The number of rotatable bonds is 3. The largest absolute Gasteiger partial charge is 0.481 e. The molecule has 2 atom stereocenters. The molecule has 0 spiro atoms. The lowest BCUT2D eigenvalue weighted by atomic mass is 9.97.